The van der Waals surface area contributed by atoms with Crippen molar-refractivity contribution in [2.75, 3.05) is 13.1 Å². The summed E-state index contributed by atoms with van der Waals surface area (Å²) in [4.78, 5) is 17.4. The molecule has 0 spiro atoms. The van der Waals surface area contributed by atoms with Crippen molar-refractivity contribution in [2.45, 2.75) is 44.2 Å². The van der Waals surface area contributed by atoms with E-state index in [1.54, 1.807) is 17.0 Å². The minimum atomic E-state index is -0.274. The molecule has 1 aliphatic heterocycles. The molecule has 6 heteroatoms. The molecule has 2 N–H and O–H groups in total. The monoisotopic (exact) mass is 340 g/mol. The highest BCUT2D eigenvalue weighted by Gasteiger charge is 2.29. The van der Waals surface area contributed by atoms with Gasteiger partial charge in [-0.15, -0.1) is 0 Å². The number of halogens is 1. The number of aromatic amines is 1. The van der Waals surface area contributed by atoms with Gasteiger partial charge in [-0.2, -0.15) is 5.26 Å². The van der Waals surface area contributed by atoms with E-state index in [2.05, 4.69) is 16.4 Å². The Morgan fingerprint density at radius 1 is 1.44 bits per heavy atom. The fraction of sp³-hybridized carbons (Fsp3) is 0.474. The molecule has 1 unspecified atom stereocenters. The predicted octanol–water partition coefficient (Wildman–Crippen LogP) is 2.27. The zero-order valence-corrected chi connectivity index (χ0v) is 14.0. The number of hydrogen-bond acceptors (Lipinski definition) is 3. The number of benzene rings is 1. The normalized spacial score (nSPS) is 22.8. The number of aromatic nitrogens is 1. The summed E-state index contributed by atoms with van der Waals surface area (Å²) in [7, 11) is 0. The van der Waals surface area contributed by atoms with Crippen LogP contribution in [0, 0.1) is 17.1 Å². The first kappa shape index (κ1) is 16.1. The third-order valence-electron chi connectivity index (χ3n) is 5.41. The van der Waals surface area contributed by atoms with Gasteiger partial charge in [0, 0.05) is 29.2 Å². The minimum Gasteiger partial charge on any atom is -0.358 e. The van der Waals surface area contributed by atoms with E-state index in [1.165, 1.54) is 11.8 Å². The first-order valence-electron chi connectivity index (χ1n) is 8.87. The molecule has 2 atom stereocenters. The molecule has 4 rings (SSSR count). The number of fused-ring (bicyclic) bond motifs is 3. The second-order valence-electron chi connectivity index (χ2n) is 6.97. The Morgan fingerprint density at radius 3 is 3.16 bits per heavy atom. The van der Waals surface area contributed by atoms with E-state index in [0.29, 0.717) is 6.54 Å². The fourth-order valence-corrected chi connectivity index (χ4v) is 4.10. The lowest BCUT2D eigenvalue weighted by atomic mass is 9.91. The Balaban J connectivity index is 1.43. The first-order valence-corrected chi connectivity index (χ1v) is 8.87. The van der Waals surface area contributed by atoms with Crippen molar-refractivity contribution in [1.29, 1.82) is 5.26 Å². The molecule has 0 radical (unpaired) electrons. The summed E-state index contributed by atoms with van der Waals surface area (Å²) in [5.74, 6) is -0.226. The smallest absolute Gasteiger partial charge is 0.237 e. The van der Waals surface area contributed by atoms with Crippen LogP contribution in [0.4, 0.5) is 4.39 Å². The Kier molecular flexibility index (Phi) is 4.18. The highest BCUT2D eigenvalue weighted by molar-refractivity contribution is 5.85. The summed E-state index contributed by atoms with van der Waals surface area (Å²) in [5.41, 5.74) is 3.30. The van der Waals surface area contributed by atoms with Gasteiger partial charge in [-0.25, -0.2) is 4.39 Å². The summed E-state index contributed by atoms with van der Waals surface area (Å²) in [6, 6.07) is 6.97. The second-order valence-corrected chi connectivity index (χ2v) is 6.97. The molecule has 1 aromatic carbocycles. The molecule has 1 saturated heterocycles. The number of nitrogens with zero attached hydrogens (tertiary/aromatic N) is 2. The molecule has 130 valence electrons. The van der Waals surface area contributed by atoms with Crippen molar-refractivity contribution in [3.63, 3.8) is 0 Å². The number of hydrogen-bond donors (Lipinski definition) is 2. The molecule has 1 fully saturated rings. The van der Waals surface area contributed by atoms with Gasteiger partial charge in [0.2, 0.25) is 5.91 Å². The van der Waals surface area contributed by atoms with Crippen LogP contribution in [0.3, 0.4) is 0 Å². The second kappa shape index (κ2) is 6.49. The topological polar surface area (TPSA) is 71.9 Å². The van der Waals surface area contributed by atoms with Gasteiger partial charge in [-0.1, -0.05) is 0 Å². The zero-order valence-electron chi connectivity index (χ0n) is 14.0. The van der Waals surface area contributed by atoms with Crippen molar-refractivity contribution in [2.24, 2.45) is 0 Å². The third kappa shape index (κ3) is 3.00. The van der Waals surface area contributed by atoms with Crippen LogP contribution in [0.15, 0.2) is 18.2 Å². The molecule has 2 aliphatic rings. The van der Waals surface area contributed by atoms with Gasteiger partial charge < -0.3 is 15.2 Å². The van der Waals surface area contributed by atoms with Crippen LogP contribution >= 0.6 is 0 Å². The van der Waals surface area contributed by atoms with E-state index in [9.17, 15) is 9.18 Å². The van der Waals surface area contributed by atoms with Crippen LogP contribution in [-0.2, 0) is 17.6 Å². The van der Waals surface area contributed by atoms with Gasteiger partial charge in [-0.3, -0.25) is 4.79 Å². The highest BCUT2D eigenvalue weighted by Crippen LogP contribution is 2.29. The Labute approximate surface area is 145 Å². The van der Waals surface area contributed by atoms with Crippen molar-refractivity contribution >= 4 is 16.8 Å². The quantitative estimate of drug-likeness (QED) is 0.900. The summed E-state index contributed by atoms with van der Waals surface area (Å²) in [5, 5.41) is 13.4. The molecule has 1 aromatic heterocycles. The van der Waals surface area contributed by atoms with Gasteiger partial charge >= 0.3 is 0 Å². The van der Waals surface area contributed by atoms with Gasteiger partial charge in [0.1, 0.15) is 11.9 Å². The van der Waals surface area contributed by atoms with Gasteiger partial charge in [0.05, 0.1) is 12.6 Å². The third-order valence-corrected chi connectivity index (χ3v) is 5.41. The van der Waals surface area contributed by atoms with Gasteiger partial charge in [0.15, 0.2) is 0 Å². The highest BCUT2D eigenvalue weighted by atomic mass is 19.1. The van der Waals surface area contributed by atoms with Crippen LogP contribution in [0.25, 0.3) is 10.9 Å². The molecule has 1 amide bonds. The SMILES string of the molecule is N#C[C@@H]1CCCN1C(=O)CNC1CCc2[nH]c3ccc(F)cc3c2C1. The van der Waals surface area contributed by atoms with Gasteiger partial charge in [-0.05, 0) is 55.9 Å². The summed E-state index contributed by atoms with van der Waals surface area (Å²) >= 11 is 0. The van der Waals surface area contributed by atoms with E-state index in [1.807, 2.05) is 0 Å². The maximum absolute atomic E-state index is 13.6. The summed E-state index contributed by atoms with van der Waals surface area (Å²) in [6.07, 6.45) is 4.29. The summed E-state index contributed by atoms with van der Waals surface area (Å²) in [6.45, 7) is 0.935. The summed E-state index contributed by atoms with van der Waals surface area (Å²) < 4.78 is 13.6. The molecule has 2 heterocycles. The van der Waals surface area contributed by atoms with Crippen LogP contribution in [0.5, 0.6) is 0 Å². The lowest BCUT2D eigenvalue weighted by Crippen LogP contribution is -2.44. The molecule has 0 bridgehead atoms. The van der Waals surface area contributed by atoms with E-state index in [0.717, 1.165) is 48.6 Å². The lowest BCUT2D eigenvalue weighted by Gasteiger charge is -2.25. The van der Waals surface area contributed by atoms with Crippen molar-refractivity contribution < 1.29 is 9.18 Å². The molecular formula is C19H21FN4O. The number of nitrogens with one attached hydrogen (secondary N) is 2. The van der Waals surface area contributed by atoms with E-state index < -0.39 is 0 Å². The number of aryl methyl sites for hydroxylation is 1. The average Bonchev–Trinajstić information content (AvgIpc) is 3.23. The number of carbonyl (C=O) groups is 1. The van der Waals surface area contributed by atoms with E-state index in [-0.39, 0.29) is 30.4 Å². The fourth-order valence-electron chi connectivity index (χ4n) is 4.10. The Bertz CT molecular complexity index is 853. The van der Waals surface area contributed by atoms with E-state index in [4.69, 9.17) is 5.26 Å². The Morgan fingerprint density at radius 2 is 2.32 bits per heavy atom. The number of H-pyrrole nitrogens is 1. The van der Waals surface area contributed by atoms with Crippen LogP contribution < -0.4 is 5.32 Å². The van der Waals surface area contributed by atoms with Crippen LogP contribution in [-0.4, -0.2) is 41.0 Å². The number of rotatable bonds is 3. The Hall–Kier alpha value is -2.39. The maximum atomic E-state index is 13.6. The minimum absolute atomic E-state index is 0.000168. The molecule has 5 nitrogen and oxygen atoms in total. The largest absolute Gasteiger partial charge is 0.358 e. The predicted molar refractivity (Wildman–Crippen MR) is 92.4 cm³/mol. The van der Waals surface area contributed by atoms with E-state index >= 15 is 0 Å². The van der Waals surface area contributed by atoms with Crippen molar-refractivity contribution in [3.8, 4) is 6.07 Å². The standard InChI is InChI=1S/C19H21FN4O/c20-12-3-5-17-15(8-12)16-9-13(4-6-18(16)23-17)22-11-19(25)24-7-1-2-14(24)10-21/h3,5,8,13-14,22-23H,1-2,4,6-7,9,11H2/t13?,14-/m0/s1. The van der Waals surface area contributed by atoms with Crippen LogP contribution in [0.2, 0.25) is 0 Å². The van der Waals surface area contributed by atoms with Gasteiger partial charge in [0.25, 0.3) is 0 Å². The molecule has 25 heavy (non-hydrogen) atoms. The first-order chi connectivity index (χ1) is 12.2. The number of amides is 1. The molecule has 1 aliphatic carbocycles. The maximum Gasteiger partial charge on any atom is 0.237 e. The van der Waals surface area contributed by atoms with Crippen molar-refractivity contribution in [3.05, 3.63) is 35.3 Å². The zero-order chi connectivity index (χ0) is 17.4. The lowest BCUT2D eigenvalue weighted by molar-refractivity contribution is -0.130. The number of likely N-dealkylation sites (tertiary alicyclic amines) is 1. The molecule has 2 aromatic rings. The number of nitriles is 1. The number of carbonyl (C=O) groups excluding carboxylic acids is 1. The molecular weight excluding hydrogens is 319 g/mol. The van der Waals surface area contributed by atoms with Crippen molar-refractivity contribution in [1.82, 2.24) is 15.2 Å². The average molecular weight is 340 g/mol. The van der Waals surface area contributed by atoms with Crippen LogP contribution in [0.1, 0.15) is 30.5 Å². The molecule has 0 saturated carbocycles.